The van der Waals surface area contributed by atoms with Crippen molar-refractivity contribution in [1.29, 1.82) is 0 Å². The van der Waals surface area contributed by atoms with Crippen LogP contribution in [0, 0.1) is 0 Å². The molecule has 0 amide bonds. The van der Waals surface area contributed by atoms with E-state index >= 15 is 0 Å². The van der Waals surface area contributed by atoms with Crippen LogP contribution < -0.4 is 0 Å². The Balaban J connectivity index is 2.35. The molecule has 90 valence electrons. The summed E-state index contributed by atoms with van der Waals surface area (Å²) in [6.45, 7) is 0. The number of hydrogen-bond donors (Lipinski definition) is 0. The zero-order valence-electron chi connectivity index (χ0n) is 10.4. The Hall–Kier alpha value is -2.41. The SMILES string of the molecule is O=CCc1cc2cccc3ccc4cccc1c4c32. The van der Waals surface area contributed by atoms with Crippen molar-refractivity contribution in [3.8, 4) is 0 Å². The van der Waals surface area contributed by atoms with E-state index < -0.39 is 0 Å². The lowest BCUT2D eigenvalue weighted by molar-refractivity contribution is -0.107. The zero-order chi connectivity index (χ0) is 12.8. The first-order chi connectivity index (χ1) is 9.38. The van der Waals surface area contributed by atoms with Gasteiger partial charge in [0, 0.05) is 6.42 Å². The van der Waals surface area contributed by atoms with Gasteiger partial charge in [-0.25, -0.2) is 0 Å². The van der Waals surface area contributed by atoms with Crippen molar-refractivity contribution < 1.29 is 4.79 Å². The number of hydrogen-bond acceptors (Lipinski definition) is 1. The Bertz CT molecular complexity index is 905. The molecule has 0 aliphatic carbocycles. The summed E-state index contributed by atoms with van der Waals surface area (Å²) in [5.74, 6) is 0. The Morgan fingerprint density at radius 3 is 2.26 bits per heavy atom. The van der Waals surface area contributed by atoms with E-state index in [0.29, 0.717) is 6.42 Å². The fourth-order valence-corrected chi connectivity index (χ4v) is 3.10. The Kier molecular flexibility index (Phi) is 2.10. The van der Waals surface area contributed by atoms with Crippen molar-refractivity contribution in [2.24, 2.45) is 0 Å². The molecule has 0 saturated carbocycles. The molecule has 0 fully saturated rings. The Morgan fingerprint density at radius 2 is 1.47 bits per heavy atom. The predicted molar refractivity (Wildman–Crippen MR) is 79.9 cm³/mol. The summed E-state index contributed by atoms with van der Waals surface area (Å²) in [4.78, 5) is 10.9. The van der Waals surface area contributed by atoms with Crippen molar-refractivity contribution in [3.63, 3.8) is 0 Å². The van der Waals surface area contributed by atoms with Crippen molar-refractivity contribution in [2.75, 3.05) is 0 Å². The minimum absolute atomic E-state index is 0.476. The van der Waals surface area contributed by atoms with Gasteiger partial charge in [-0.05, 0) is 37.9 Å². The number of carbonyl (C=O) groups is 1. The fourth-order valence-electron chi connectivity index (χ4n) is 3.10. The second-order valence-electron chi connectivity index (χ2n) is 4.95. The van der Waals surface area contributed by atoms with Gasteiger partial charge in [-0.1, -0.05) is 54.6 Å². The normalized spacial score (nSPS) is 11.6. The highest BCUT2D eigenvalue weighted by Crippen LogP contribution is 2.36. The van der Waals surface area contributed by atoms with E-state index in [2.05, 4.69) is 54.6 Å². The molecule has 0 N–H and O–H groups in total. The van der Waals surface area contributed by atoms with Crippen LogP contribution in [0.3, 0.4) is 0 Å². The first-order valence-electron chi connectivity index (χ1n) is 6.47. The van der Waals surface area contributed by atoms with Gasteiger partial charge in [0.1, 0.15) is 6.29 Å². The van der Waals surface area contributed by atoms with Crippen LogP contribution >= 0.6 is 0 Å². The third-order valence-electron chi connectivity index (χ3n) is 3.90. The molecule has 0 unspecified atom stereocenters. The van der Waals surface area contributed by atoms with E-state index in [9.17, 15) is 4.79 Å². The quantitative estimate of drug-likeness (QED) is 0.379. The highest BCUT2D eigenvalue weighted by atomic mass is 16.1. The number of rotatable bonds is 2. The second kappa shape index (κ2) is 3.79. The molecule has 0 atom stereocenters. The molecule has 0 aliphatic rings. The smallest absolute Gasteiger partial charge is 0.124 e. The van der Waals surface area contributed by atoms with Gasteiger partial charge in [0.05, 0.1) is 0 Å². The summed E-state index contributed by atoms with van der Waals surface area (Å²) in [5.41, 5.74) is 1.12. The fraction of sp³-hybridized carbons (Fsp3) is 0.0556. The minimum Gasteiger partial charge on any atom is -0.303 e. The van der Waals surface area contributed by atoms with Gasteiger partial charge in [-0.3, -0.25) is 0 Å². The van der Waals surface area contributed by atoms with Crippen LogP contribution in [0.5, 0.6) is 0 Å². The summed E-state index contributed by atoms with van der Waals surface area (Å²) < 4.78 is 0. The molecule has 0 heterocycles. The van der Waals surface area contributed by atoms with E-state index in [1.54, 1.807) is 0 Å². The van der Waals surface area contributed by atoms with Crippen molar-refractivity contribution >= 4 is 38.6 Å². The maximum absolute atomic E-state index is 10.9. The van der Waals surface area contributed by atoms with Gasteiger partial charge in [0.15, 0.2) is 0 Å². The van der Waals surface area contributed by atoms with Crippen molar-refractivity contribution in [3.05, 3.63) is 60.2 Å². The van der Waals surface area contributed by atoms with Crippen LogP contribution in [0.25, 0.3) is 32.3 Å². The summed E-state index contributed by atoms with van der Waals surface area (Å²) in [6, 6.07) is 19.2. The molecule has 19 heavy (non-hydrogen) atoms. The van der Waals surface area contributed by atoms with Crippen LogP contribution in [0.2, 0.25) is 0 Å². The summed E-state index contributed by atoms with van der Waals surface area (Å²) in [6.07, 6.45) is 1.46. The largest absolute Gasteiger partial charge is 0.303 e. The van der Waals surface area contributed by atoms with Crippen molar-refractivity contribution in [1.82, 2.24) is 0 Å². The number of benzene rings is 4. The molecular formula is C18H12O. The van der Waals surface area contributed by atoms with Crippen LogP contribution in [0.15, 0.2) is 54.6 Å². The van der Waals surface area contributed by atoms with Gasteiger partial charge >= 0.3 is 0 Å². The van der Waals surface area contributed by atoms with Crippen LogP contribution in [-0.2, 0) is 11.2 Å². The zero-order valence-corrected chi connectivity index (χ0v) is 10.4. The summed E-state index contributed by atoms with van der Waals surface area (Å²) in [5, 5.41) is 7.53. The predicted octanol–water partition coefficient (Wildman–Crippen LogP) is 4.33. The lowest BCUT2D eigenvalue weighted by Gasteiger charge is -2.13. The highest BCUT2D eigenvalue weighted by Gasteiger charge is 2.10. The minimum atomic E-state index is 0.476. The standard InChI is InChI=1S/C18H12O/c19-10-9-14-11-15-5-1-3-12-7-8-13-4-2-6-16(14)18(13)17(12)15/h1-8,10-11H,9H2. The average molecular weight is 244 g/mol. The lowest BCUT2D eigenvalue weighted by Crippen LogP contribution is -1.91. The highest BCUT2D eigenvalue weighted by molar-refractivity contribution is 6.23. The van der Waals surface area contributed by atoms with Crippen LogP contribution in [-0.4, -0.2) is 6.29 Å². The van der Waals surface area contributed by atoms with Gasteiger partial charge in [-0.15, -0.1) is 0 Å². The third kappa shape index (κ3) is 1.39. The van der Waals surface area contributed by atoms with Crippen LogP contribution in [0.1, 0.15) is 5.56 Å². The Labute approximate surface area is 110 Å². The van der Waals surface area contributed by atoms with Gasteiger partial charge in [-0.2, -0.15) is 0 Å². The van der Waals surface area contributed by atoms with Gasteiger partial charge in [0.25, 0.3) is 0 Å². The lowest BCUT2D eigenvalue weighted by atomic mass is 9.91. The molecule has 1 heteroatoms. The molecule has 4 aromatic rings. The van der Waals surface area contributed by atoms with E-state index in [0.717, 1.165) is 11.8 Å². The molecule has 0 spiro atoms. The number of aldehydes is 1. The van der Waals surface area contributed by atoms with E-state index in [4.69, 9.17) is 0 Å². The first-order valence-corrected chi connectivity index (χ1v) is 6.47. The number of carbonyl (C=O) groups excluding carboxylic acids is 1. The van der Waals surface area contributed by atoms with Gasteiger partial charge < -0.3 is 4.79 Å². The molecule has 0 aromatic heterocycles. The van der Waals surface area contributed by atoms with Crippen molar-refractivity contribution in [2.45, 2.75) is 6.42 Å². The van der Waals surface area contributed by atoms with Crippen LogP contribution in [0.4, 0.5) is 0 Å². The van der Waals surface area contributed by atoms with E-state index in [1.807, 2.05) is 0 Å². The summed E-state index contributed by atoms with van der Waals surface area (Å²) >= 11 is 0. The molecule has 4 rings (SSSR count). The monoisotopic (exact) mass is 244 g/mol. The second-order valence-corrected chi connectivity index (χ2v) is 4.95. The Morgan fingerprint density at radius 1 is 0.789 bits per heavy atom. The molecule has 0 bridgehead atoms. The molecular weight excluding hydrogens is 232 g/mol. The average Bonchev–Trinajstić information content (AvgIpc) is 2.46. The first kappa shape index (κ1) is 10.5. The maximum Gasteiger partial charge on any atom is 0.124 e. The molecule has 1 nitrogen and oxygen atoms in total. The van der Waals surface area contributed by atoms with E-state index in [-0.39, 0.29) is 0 Å². The van der Waals surface area contributed by atoms with Gasteiger partial charge in [0.2, 0.25) is 0 Å². The summed E-state index contributed by atoms with van der Waals surface area (Å²) in [7, 11) is 0. The molecule has 0 aliphatic heterocycles. The molecule has 4 aromatic carbocycles. The maximum atomic E-state index is 10.9. The molecule has 0 saturated heterocycles. The molecule has 0 radical (unpaired) electrons. The topological polar surface area (TPSA) is 17.1 Å². The van der Waals surface area contributed by atoms with E-state index in [1.165, 1.54) is 32.3 Å². The third-order valence-corrected chi connectivity index (χ3v) is 3.90.